The van der Waals surface area contributed by atoms with E-state index in [2.05, 4.69) is 11.1 Å². The maximum absolute atomic E-state index is 13.0. The second-order valence-electron chi connectivity index (χ2n) is 7.46. The molecule has 0 spiro atoms. The Bertz CT molecular complexity index is 1080. The van der Waals surface area contributed by atoms with E-state index in [1.807, 2.05) is 37.3 Å². The highest BCUT2D eigenvalue weighted by Gasteiger charge is 2.27. The van der Waals surface area contributed by atoms with E-state index in [0.717, 1.165) is 51.7 Å². The fourth-order valence-electron chi connectivity index (χ4n) is 4.02. The van der Waals surface area contributed by atoms with Crippen LogP contribution in [-0.2, 0) is 13.0 Å². The maximum Gasteiger partial charge on any atom is 0.270 e. The van der Waals surface area contributed by atoms with Crippen LogP contribution in [0.5, 0.6) is 5.75 Å². The molecule has 0 saturated carbocycles. The molecule has 0 aliphatic heterocycles. The van der Waals surface area contributed by atoms with Gasteiger partial charge < -0.3 is 14.6 Å². The first-order chi connectivity index (χ1) is 13.5. The Kier molecular flexibility index (Phi) is 4.67. The van der Waals surface area contributed by atoms with E-state index in [9.17, 15) is 9.59 Å². The van der Waals surface area contributed by atoms with E-state index in [1.165, 1.54) is 0 Å². The van der Waals surface area contributed by atoms with Gasteiger partial charge in [-0.25, -0.2) is 0 Å². The van der Waals surface area contributed by atoms with Crippen LogP contribution in [0, 0.1) is 6.92 Å². The van der Waals surface area contributed by atoms with Crippen LogP contribution in [0.25, 0.3) is 10.8 Å². The fraction of sp³-hybridized carbons (Fsp3) is 0.304. The predicted molar refractivity (Wildman–Crippen MR) is 109 cm³/mol. The van der Waals surface area contributed by atoms with Gasteiger partial charge in [-0.3, -0.25) is 9.59 Å². The highest BCUT2D eigenvalue weighted by molar-refractivity contribution is 6.04. The molecule has 1 heterocycles. The van der Waals surface area contributed by atoms with Gasteiger partial charge in [0.15, 0.2) is 5.78 Å². The minimum atomic E-state index is -0.0884. The SMILES string of the molecule is COc1ccc2cc(CN(C)C(=O)c3[nH]c4c(c3C)C(=O)CCC4)ccc2c1. The van der Waals surface area contributed by atoms with Crippen LogP contribution in [0.15, 0.2) is 36.4 Å². The summed E-state index contributed by atoms with van der Waals surface area (Å²) in [6.07, 6.45) is 2.24. The number of nitrogens with zero attached hydrogens (tertiary/aromatic N) is 1. The smallest absolute Gasteiger partial charge is 0.270 e. The lowest BCUT2D eigenvalue weighted by atomic mass is 9.94. The average molecular weight is 376 g/mol. The third kappa shape index (κ3) is 3.17. The fourth-order valence-corrected chi connectivity index (χ4v) is 4.02. The van der Waals surface area contributed by atoms with Crippen LogP contribution in [-0.4, -0.2) is 35.7 Å². The minimum Gasteiger partial charge on any atom is -0.497 e. The number of nitrogens with one attached hydrogen (secondary N) is 1. The van der Waals surface area contributed by atoms with Crippen LogP contribution < -0.4 is 4.74 Å². The maximum atomic E-state index is 13.0. The third-order valence-corrected chi connectivity index (χ3v) is 5.53. The number of benzene rings is 2. The van der Waals surface area contributed by atoms with Crippen molar-refractivity contribution < 1.29 is 14.3 Å². The normalized spacial score (nSPS) is 13.5. The molecule has 1 amide bonds. The summed E-state index contributed by atoms with van der Waals surface area (Å²) in [6.45, 7) is 2.36. The van der Waals surface area contributed by atoms with Crippen LogP contribution >= 0.6 is 0 Å². The number of H-pyrrole nitrogens is 1. The molecule has 5 heteroatoms. The lowest BCUT2D eigenvalue weighted by molar-refractivity contribution is 0.0779. The van der Waals surface area contributed by atoms with Crippen molar-refractivity contribution in [3.8, 4) is 5.75 Å². The summed E-state index contributed by atoms with van der Waals surface area (Å²) >= 11 is 0. The van der Waals surface area contributed by atoms with Gasteiger partial charge >= 0.3 is 0 Å². The Morgan fingerprint density at radius 3 is 2.64 bits per heavy atom. The molecule has 2 aromatic carbocycles. The molecule has 3 aromatic rings. The van der Waals surface area contributed by atoms with Crippen molar-refractivity contribution in [1.82, 2.24) is 9.88 Å². The lowest BCUT2D eigenvalue weighted by Crippen LogP contribution is -2.27. The number of aryl methyl sites for hydroxylation is 1. The third-order valence-electron chi connectivity index (χ3n) is 5.53. The van der Waals surface area contributed by atoms with E-state index in [4.69, 9.17) is 4.74 Å². The van der Waals surface area contributed by atoms with Crippen LogP contribution in [0.2, 0.25) is 0 Å². The van der Waals surface area contributed by atoms with Crippen LogP contribution in [0.4, 0.5) is 0 Å². The van der Waals surface area contributed by atoms with Gasteiger partial charge in [0, 0.05) is 31.3 Å². The van der Waals surface area contributed by atoms with E-state index < -0.39 is 0 Å². The largest absolute Gasteiger partial charge is 0.497 e. The molecule has 28 heavy (non-hydrogen) atoms. The van der Waals surface area contributed by atoms with Crippen molar-refractivity contribution in [2.75, 3.05) is 14.2 Å². The second-order valence-corrected chi connectivity index (χ2v) is 7.46. The number of fused-ring (bicyclic) bond motifs is 2. The predicted octanol–water partition coefficient (Wildman–Crippen LogP) is 4.28. The first-order valence-electron chi connectivity index (χ1n) is 9.54. The zero-order valence-corrected chi connectivity index (χ0v) is 16.5. The number of ketones is 1. The molecule has 1 aliphatic rings. The summed E-state index contributed by atoms with van der Waals surface area (Å²) in [7, 11) is 3.45. The van der Waals surface area contributed by atoms with Gasteiger partial charge in [0.2, 0.25) is 0 Å². The van der Waals surface area contributed by atoms with Crippen LogP contribution in [0.1, 0.15) is 50.5 Å². The summed E-state index contributed by atoms with van der Waals surface area (Å²) in [5.74, 6) is 0.879. The number of amides is 1. The summed E-state index contributed by atoms with van der Waals surface area (Å²) in [4.78, 5) is 30.1. The van der Waals surface area contributed by atoms with Gasteiger partial charge in [-0.2, -0.15) is 0 Å². The molecule has 4 rings (SSSR count). The molecule has 0 radical (unpaired) electrons. The van der Waals surface area contributed by atoms with Crippen molar-refractivity contribution in [1.29, 1.82) is 0 Å². The van der Waals surface area contributed by atoms with E-state index in [1.54, 1.807) is 19.1 Å². The molecule has 0 fully saturated rings. The number of hydrogen-bond acceptors (Lipinski definition) is 3. The number of carbonyl (C=O) groups is 2. The molecular formula is C23H24N2O3. The quantitative estimate of drug-likeness (QED) is 0.739. The highest BCUT2D eigenvalue weighted by Crippen LogP contribution is 2.27. The zero-order valence-electron chi connectivity index (χ0n) is 16.5. The van der Waals surface area contributed by atoms with Gasteiger partial charge in [0.25, 0.3) is 5.91 Å². The van der Waals surface area contributed by atoms with Gasteiger partial charge in [-0.05, 0) is 59.9 Å². The second kappa shape index (κ2) is 7.15. The molecule has 144 valence electrons. The van der Waals surface area contributed by atoms with Crippen molar-refractivity contribution in [3.05, 3.63) is 64.5 Å². The Balaban J connectivity index is 1.57. The number of aromatic amines is 1. The zero-order chi connectivity index (χ0) is 19.8. The molecule has 1 N–H and O–H groups in total. The van der Waals surface area contributed by atoms with Gasteiger partial charge in [-0.1, -0.05) is 18.2 Å². The summed E-state index contributed by atoms with van der Waals surface area (Å²) in [5.41, 5.74) is 4.00. The van der Waals surface area contributed by atoms with E-state index >= 15 is 0 Å². The molecule has 0 bridgehead atoms. The molecule has 1 aromatic heterocycles. The monoisotopic (exact) mass is 376 g/mol. The van der Waals surface area contributed by atoms with Crippen molar-refractivity contribution in [3.63, 3.8) is 0 Å². The number of aromatic nitrogens is 1. The van der Waals surface area contributed by atoms with Gasteiger partial charge in [0.1, 0.15) is 11.4 Å². The van der Waals surface area contributed by atoms with Crippen molar-refractivity contribution in [2.24, 2.45) is 0 Å². The average Bonchev–Trinajstić information content (AvgIpc) is 3.04. The first-order valence-corrected chi connectivity index (χ1v) is 9.54. The van der Waals surface area contributed by atoms with Gasteiger partial charge in [-0.15, -0.1) is 0 Å². The number of rotatable bonds is 4. The molecule has 1 aliphatic carbocycles. The summed E-state index contributed by atoms with van der Waals surface area (Å²) in [5, 5.41) is 2.21. The number of carbonyl (C=O) groups excluding carboxylic acids is 2. The molecule has 0 unspecified atom stereocenters. The molecule has 0 atom stereocenters. The van der Waals surface area contributed by atoms with Gasteiger partial charge in [0.05, 0.1) is 7.11 Å². The Labute approximate surface area is 164 Å². The summed E-state index contributed by atoms with van der Waals surface area (Å²) < 4.78 is 5.27. The number of methoxy groups -OCH3 is 1. The van der Waals surface area contributed by atoms with E-state index in [-0.39, 0.29) is 11.7 Å². The van der Waals surface area contributed by atoms with Crippen molar-refractivity contribution >= 4 is 22.5 Å². The summed E-state index contributed by atoms with van der Waals surface area (Å²) in [6, 6.07) is 12.1. The Morgan fingerprint density at radius 2 is 1.89 bits per heavy atom. The molecule has 0 saturated heterocycles. The minimum absolute atomic E-state index is 0.0884. The number of ether oxygens (including phenoxy) is 1. The molecular weight excluding hydrogens is 352 g/mol. The number of Topliss-reactive ketones (excluding diaryl/α,β-unsaturated/α-hetero) is 1. The highest BCUT2D eigenvalue weighted by atomic mass is 16.5. The van der Waals surface area contributed by atoms with Crippen LogP contribution in [0.3, 0.4) is 0 Å². The van der Waals surface area contributed by atoms with Crippen molar-refractivity contribution in [2.45, 2.75) is 32.7 Å². The number of hydrogen-bond donors (Lipinski definition) is 1. The van der Waals surface area contributed by atoms with E-state index in [0.29, 0.717) is 18.7 Å². The lowest BCUT2D eigenvalue weighted by Gasteiger charge is -2.17. The standard InChI is InChI=1S/C23H24N2O3/c1-14-21-19(5-4-6-20(21)26)24-22(14)23(27)25(2)13-15-7-8-17-12-18(28-3)10-9-16(17)11-15/h7-12,24H,4-6,13H2,1-3H3. The topological polar surface area (TPSA) is 62.4 Å². The Hall–Kier alpha value is -3.08. The first kappa shape index (κ1) is 18.3. The molecule has 5 nitrogen and oxygen atoms in total. The Morgan fingerprint density at radius 1 is 1.14 bits per heavy atom.